The number of hydrogen-bond donors (Lipinski definition) is 2. The van der Waals surface area contributed by atoms with Crippen LogP contribution in [0.2, 0.25) is 0 Å². The predicted octanol–water partition coefficient (Wildman–Crippen LogP) is 1.45. The molecule has 1 aromatic rings. The van der Waals surface area contributed by atoms with Gasteiger partial charge in [-0.3, -0.25) is 0 Å². The van der Waals surface area contributed by atoms with E-state index in [1.165, 1.54) is 6.07 Å². The number of benzene rings is 1. The summed E-state index contributed by atoms with van der Waals surface area (Å²) < 4.78 is 13.1. The first-order valence-electron chi connectivity index (χ1n) is 5.10. The standard InChI is InChI=1S/C12H15FN2/c1-8-4-9(2-3-12(8)13)10-5-11(14)7-15-6-10/h2-5,11,15H,6-7,14H2,1H3. The van der Waals surface area contributed by atoms with Gasteiger partial charge in [0.2, 0.25) is 0 Å². The van der Waals surface area contributed by atoms with E-state index < -0.39 is 0 Å². The molecular weight excluding hydrogens is 191 g/mol. The lowest BCUT2D eigenvalue weighted by atomic mass is 9.99. The molecule has 0 spiro atoms. The first kappa shape index (κ1) is 10.3. The first-order valence-corrected chi connectivity index (χ1v) is 5.10. The Balaban J connectivity index is 2.33. The van der Waals surface area contributed by atoms with E-state index in [4.69, 9.17) is 5.73 Å². The molecule has 1 atom stereocenters. The van der Waals surface area contributed by atoms with Gasteiger partial charge in [-0.25, -0.2) is 4.39 Å². The zero-order chi connectivity index (χ0) is 10.8. The number of halogens is 1. The number of nitrogens with two attached hydrogens (primary N) is 1. The fourth-order valence-corrected chi connectivity index (χ4v) is 1.79. The Hall–Kier alpha value is -1.19. The molecule has 1 aliphatic heterocycles. The summed E-state index contributed by atoms with van der Waals surface area (Å²) in [4.78, 5) is 0. The van der Waals surface area contributed by atoms with Crippen LogP contribution in [0, 0.1) is 12.7 Å². The normalized spacial score (nSPS) is 21.3. The summed E-state index contributed by atoms with van der Waals surface area (Å²) >= 11 is 0. The fraction of sp³-hybridized carbons (Fsp3) is 0.333. The van der Waals surface area contributed by atoms with E-state index in [1.807, 2.05) is 12.1 Å². The van der Waals surface area contributed by atoms with E-state index in [2.05, 4.69) is 5.32 Å². The highest BCUT2D eigenvalue weighted by molar-refractivity contribution is 5.68. The number of aryl methyl sites for hydroxylation is 1. The molecule has 2 nitrogen and oxygen atoms in total. The lowest BCUT2D eigenvalue weighted by molar-refractivity contribution is 0.618. The molecule has 3 heteroatoms. The van der Waals surface area contributed by atoms with E-state index in [1.54, 1.807) is 13.0 Å². The molecule has 0 bridgehead atoms. The van der Waals surface area contributed by atoms with Crippen molar-refractivity contribution in [1.82, 2.24) is 5.32 Å². The van der Waals surface area contributed by atoms with Gasteiger partial charge in [0.1, 0.15) is 5.82 Å². The molecule has 15 heavy (non-hydrogen) atoms. The minimum Gasteiger partial charge on any atom is -0.323 e. The zero-order valence-electron chi connectivity index (χ0n) is 8.76. The smallest absolute Gasteiger partial charge is 0.126 e. The molecule has 1 aromatic carbocycles. The van der Waals surface area contributed by atoms with Crippen molar-refractivity contribution in [2.24, 2.45) is 5.73 Å². The second-order valence-corrected chi connectivity index (χ2v) is 3.95. The van der Waals surface area contributed by atoms with Gasteiger partial charge in [0.15, 0.2) is 0 Å². The van der Waals surface area contributed by atoms with Crippen LogP contribution in [-0.4, -0.2) is 19.1 Å². The molecule has 3 N–H and O–H groups in total. The third-order valence-electron chi connectivity index (χ3n) is 2.64. The van der Waals surface area contributed by atoms with Crippen LogP contribution in [0.3, 0.4) is 0 Å². The SMILES string of the molecule is Cc1cc(C2=CC(N)CNC2)ccc1F. The summed E-state index contributed by atoms with van der Waals surface area (Å²) in [5.74, 6) is -0.160. The van der Waals surface area contributed by atoms with Crippen molar-refractivity contribution in [1.29, 1.82) is 0 Å². The number of rotatable bonds is 1. The van der Waals surface area contributed by atoms with E-state index in [9.17, 15) is 4.39 Å². The van der Waals surface area contributed by atoms with Gasteiger partial charge in [0.05, 0.1) is 0 Å². The van der Waals surface area contributed by atoms with Crippen molar-refractivity contribution in [3.63, 3.8) is 0 Å². The highest BCUT2D eigenvalue weighted by atomic mass is 19.1. The lowest BCUT2D eigenvalue weighted by Crippen LogP contribution is -2.37. The fourth-order valence-electron chi connectivity index (χ4n) is 1.79. The van der Waals surface area contributed by atoms with Crippen molar-refractivity contribution < 1.29 is 4.39 Å². The van der Waals surface area contributed by atoms with E-state index >= 15 is 0 Å². The van der Waals surface area contributed by atoms with E-state index in [-0.39, 0.29) is 11.9 Å². The summed E-state index contributed by atoms with van der Waals surface area (Å²) in [6, 6.07) is 5.22. The molecule has 1 heterocycles. The van der Waals surface area contributed by atoms with Gasteiger partial charge in [-0.05, 0) is 35.8 Å². The van der Waals surface area contributed by atoms with Crippen molar-refractivity contribution in [2.75, 3.05) is 13.1 Å². The minimum absolute atomic E-state index is 0.0547. The summed E-state index contributed by atoms with van der Waals surface area (Å²) in [6.07, 6.45) is 2.04. The molecule has 1 unspecified atom stereocenters. The van der Waals surface area contributed by atoms with Gasteiger partial charge < -0.3 is 11.1 Å². The van der Waals surface area contributed by atoms with Gasteiger partial charge in [-0.15, -0.1) is 0 Å². The molecule has 0 saturated heterocycles. The molecule has 0 fully saturated rings. The monoisotopic (exact) mass is 206 g/mol. The zero-order valence-corrected chi connectivity index (χ0v) is 8.76. The Morgan fingerprint density at radius 3 is 2.93 bits per heavy atom. The topological polar surface area (TPSA) is 38.0 Å². The van der Waals surface area contributed by atoms with Crippen LogP contribution in [0.15, 0.2) is 24.3 Å². The van der Waals surface area contributed by atoms with Crippen LogP contribution in [0.25, 0.3) is 5.57 Å². The minimum atomic E-state index is -0.160. The summed E-state index contributed by atoms with van der Waals surface area (Å²) in [6.45, 7) is 3.39. The summed E-state index contributed by atoms with van der Waals surface area (Å²) in [5.41, 5.74) is 8.69. The highest BCUT2D eigenvalue weighted by Crippen LogP contribution is 2.19. The summed E-state index contributed by atoms with van der Waals surface area (Å²) in [7, 11) is 0. The molecule has 1 aliphatic rings. The number of nitrogens with one attached hydrogen (secondary N) is 1. The van der Waals surface area contributed by atoms with Crippen LogP contribution in [0.4, 0.5) is 4.39 Å². The van der Waals surface area contributed by atoms with Crippen molar-refractivity contribution in [3.8, 4) is 0 Å². The maximum atomic E-state index is 13.1. The van der Waals surface area contributed by atoms with Crippen molar-refractivity contribution >= 4 is 5.57 Å². The predicted molar refractivity (Wildman–Crippen MR) is 60.0 cm³/mol. The Labute approximate surface area is 89.0 Å². The second-order valence-electron chi connectivity index (χ2n) is 3.95. The Bertz CT molecular complexity index is 399. The van der Waals surface area contributed by atoms with Gasteiger partial charge in [-0.2, -0.15) is 0 Å². The molecule has 0 aromatic heterocycles. The molecule has 0 aliphatic carbocycles. The van der Waals surface area contributed by atoms with Crippen LogP contribution in [0.1, 0.15) is 11.1 Å². The molecule has 0 saturated carbocycles. The quantitative estimate of drug-likeness (QED) is 0.730. The highest BCUT2D eigenvalue weighted by Gasteiger charge is 2.11. The Morgan fingerprint density at radius 2 is 2.27 bits per heavy atom. The van der Waals surface area contributed by atoms with Gasteiger partial charge >= 0.3 is 0 Å². The molecule has 80 valence electrons. The largest absolute Gasteiger partial charge is 0.323 e. The third kappa shape index (κ3) is 2.25. The average molecular weight is 206 g/mol. The maximum absolute atomic E-state index is 13.1. The van der Waals surface area contributed by atoms with Gasteiger partial charge in [-0.1, -0.05) is 12.1 Å². The Kier molecular flexibility index (Phi) is 2.84. The van der Waals surface area contributed by atoms with Crippen molar-refractivity contribution in [2.45, 2.75) is 13.0 Å². The molecule has 0 radical (unpaired) electrons. The number of hydrogen-bond acceptors (Lipinski definition) is 2. The van der Waals surface area contributed by atoms with Gasteiger partial charge in [0.25, 0.3) is 0 Å². The van der Waals surface area contributed by atoms with Crippen LogP contribution in [-0.2, 0) is 0 Å². The summed E-state index contributed by atoms with van der Waals surface area (Å²) in [5, 5.41) is 3.23. The first-order chi connectivity index (χ1) is 7.16. The third-order valence-corrected chi connectivity index (χ3v) is 2.64. The van der Waals surface area contributed by atoms with Gasteiger partial charge in [0, 0.05) is 19.1 Å². The van der Waals surface area contributed by atoms with Crippen LogP contribution in [0.5, 0.6) is 0 Å². The van der Waals surface area contributed by atoms with E-state index in [0.29, 0.717) is 5.56 Å². The maximum Gasteiger partial charge on any atom is 0.126 e. The Morgan fingerprint density at radius 1 is 1.47 bits per heavy atom. The lowest BCUT2D eigenvalue weighted by Gasteiger charge is -2.19. The van der Waals surface area contributed by atoms with Crippen LogP contribution < -0.4 is 11.1 Å². The van der Waals surface area contributed by atoms with Crippen LogP contribution >= 0.6 is 0 Å². The van der Waals surface area contributed by atoms with E-state index in [0.717, 1.165) is 24.2 Å². The molecule has 0 amide bonds. The molecule has 2 rings (SSSR count). The average Bonchev–Trinajstić information content (AvgIpc) is 2.22. The molecular formula is C12H15FN2. The van der Waals surface area contributed by atoms with Crippen molar-refractivity contribution in [3.05, 3.63) is 41.2 Å². The second kappa shape index (κ2) is 4.13.